The average molecular weight is 221 g/mol. The van der Waals surface area contributed by atoms with Gasteiger partial charge in [0.15, 0.2) is 5.88 Å². The Bertz CT molecular complexity index is 429. The smallest absolute Gasteiger partial charge is 0.193 e. The molecule has 2 N–H and O–H groups in total. The molecule has 2 rings (SSSR count). The van der Waals surface area contributed by atoms with E-state index in [1.165, 1.54) is 15.3 Å². The first kappa shape index (κ1) is 10.3. The highest BCUT2D eigenvalue weighted by molar-refractivity contribution is 7.13. The van der Waals surface area contributed by atoms with Gasteiger partial charge < -0.3 is 10.5 Å². The molecule has 1 aliphatic heterocycles. The van der Waals surface area contributed by atoms with E-state index < -0.39 is 0 Å². The molecule has 0 saturated heterocycles. The molecular weight excluding hydrogens is 206 g/mol. The van der Waals surface area contributed by atoms with Crippen molar-refractivity contribution < 1.29 is 4.74 Å². The summed E-state index contributed by atoms with van der Waals surface area (Å²) in [5, 5.41) is 0. The van der Waals surface area contributed by atoms with Gasteiger partial charge in [-0.2, -0.15) is 0 Å². The zero-order valence-electron chi connectivity index (χ0n) is 9.04. The Hall–Kier alpha value is -1.22. The summed E-state index contributed by atoms with van der Waals surface area (Å²) in [4.78, 5) is 2.57. The number of ether oxygens (including phenoxy) is 1. The summed E-state index contributed by atoms with van der Waals surface area (Å²) in [5.41, 5.74) is 8.15. The predicted molar refractivity (Wildman–Crippen MR) is 64.4 cm³/mol. The molecule has 0 bridgehead atoms. The van der Waals surface area contributed by atoms with Crippen LogP contribution in [0.1, 0.15) is 28.7 Å². The van der Waals surface area contributed by atoms with Crippen molar-refractivity contribution in [2.45, 2.75) is 26.9 Å². The summed E-state index contributed by atoms with van der Waals surface area (Å²) >= 11 is 1.78. The first-order valence-corrected chi connectivity index (χ1v) is 5.92. The summed E-state index contributed by atoms with van der Waals surface area (Å²) in [7, 11) is 0. The first-order chi connectivity index (χ1) is 7.22. The van der Waals surface area contributed by atoms with Crippen molar-refractivity contribution in [3.05, 3.63) is 39.4 Å². The minimum Gasteiger partial charge on any atom is -0.474 e. The van der Waals surface area contributed by atoms with E-state index in [-0.39, 0.29) is 0 Å². The van der Waals surface area contributed by atoms with Gasteiger partial charge in [0.25, 0.3) is 0 Å². The van der Waals surface area contributed by atoms with Crippen molar-refractivity contribution in [3.63, 3.8) is 0 Å². The zero-order chi connectivity index (χ0) is 10.8. The molecule has 2 heterocycles. The molecule has 1 aromatic heterocycles. The SMILES string of the molecule is CC/C=C\C1=C(N)OCc2cc(C)sc21. The van der Waals surface area contributed by atoms with Crippen molar-refractivity contribution in [1.82, 2.24) is 0 Å². The molecule has 0 aliphatic carbocycles. The van der Waals surface area contributed by atoms with E-state index in [4.69, 9.17) is 10.5 Å². The van der Waals surface area contributed by atoms with Gasteiger partial charge in [-0.25, -0.2) is 0 Å². The van der Waals surface area contributed by atoms with Crippen LogP contribution in [-0.4, -0.2) is 0 Å². The molecule has 0 spiro atoms. The van der Waals surface area contributed by atoms with Gasteiger partial charge in [0.2, 0.25) is 0 Å². The number of fused-ring (bicyclic) bond motifs is 1. The third kappa shape index (κ3) is 1.92. The Morgan fingerprint density at radius 3 is 3.13 bits per heavy atom. The van der Waals surface area contributed by atoms with E-state index in [0.717, 1.165) is 12.0 Å². The van der Waals surface area contributed by atoms with Crippen LogP contribution >= 0.6 is 11.3 Å². The number of hydrogen-bond acceptors (Lipinski definition) is 3. The molecule has 0 fully saturated rings. The van der Waals surface area contributed by atoms with Crippen LogP contribution in [-0.2, 0) is 11.3 Å². The number of hydrogen-bond donors (Lipinski definition) is 1. The van der Waals surface area contributed by atoms with E-state index in [9.17, 15) is 0 Å². The maximum atomic E-state index is 5.86. The van der Waals surface area contributed by atoms with E-state index in [0.29, 0.717) is 12.5 Å². The minimum atomic E-state index is 0.550. The molecule has 2 nitrogen and oxygen atoms in total. The van der Waals surface area contributed by atoms with Crippen LogP contribution in [0.15, 0.2) is 24.1 Å². The normalized spacial score (nSPS) is 15.6. The third-order valence-electron chi connectivity index (χ3n) is 2.35. The summed E-state index contributed by atoms with van der Waals surface area (Å²) in [6, 6.07) is 2.17. The van der Waals surface area contributed by atoms with Crippen LogP contribution in [0.5, 0.6) is 0 Å². The summed E-state index contributed by atoms with van der Waals surface area (Å²) in [6.45, 7) is 4.83. The van der Waals surface area contributed by atoms with Gasteiger partial charge in [0, 0.05) is 15.3 Å². The van der Waals surface area contributed by atoms with Gasteiger partial charge in [-0.05, 0) is 19.4 Å². The largest absolute Gasteiger partial charge is 0.474 e. The quantitative estimate of drug-likeness (QED) is 0.832. The van der Waals surface area contributed by atoms with Crippen molar-refractivity contribution in [1.29, 1.82) is 0 Å². The molecule has 3 heteroatoms. The van der Waals surface area contributed by atoms with Crippen LogP contribution in [0, 0.1) is 6.92 Å². The average Bonchev–Trinajstić information content (AvgIpc) is 2.57. The summed E-state index contributed by atoms with van der Waals surface area (Å²) < 4.78 is 5.44. The van der Waals surface area contributed by atoms with Gasteiger partial charge in [-0.15, -0.1) is 11.3 Å². The minimum absolute atomic E-state index is 0.550. The van der Waals surface area contributed by atoms with E-state index >= 15 is 0 Å². The lowest BCUT2D eigenvalue weighted by molar-refractivity contribution is 0.194. The third-order valence-corrected chi connectivity index (χ3v) is 3.47. The van der Waals surface area contributed by atoms with Gasteiger partial charge in [0.05, 0.1) is 5.57 Å². The fourth-order valence-corrected chi connectivity index (χ4v) is 2.69. The number of thiophene rings is 1. The number of aryl methyl sites for hydroxylation is 1. The topological polar surface area (TPSA) is 35.2 Å². The molecule has 0 aromatic carbocycles. The van der Waals surface area contributed by atoms with Gasteiger partial charge >= 0.3 is 0 Å². The van der Waals surface area contributed by atoms with Crippen molar-refractivity contribution in [2.75, 3.05) is 0 Å². The van der Waals surface area contributed by atoms with Crippen molar-refractivity contribution in [2.24, 2.45) is 5.73 Å². The van der Waals surface area contributed by atoms with Crippen molar-refractivity contribution in [3.8, 4) is 0 Å². The molecular formula is C12H15NOS. The molecule has 0 saturated carbocycles. The fraction of sp³-hybridized carbons (Fsp3) is 0.333. The second-order valence-corrected chi connectivity index (χ2v) is 4.84. The molecule has 15 heavy (non-hydrogen) atoms. The molecule has 0 atom stereocenters. The Balaban J connectivity index is 2.45. The first-order valence-electron chi connectivity index (χ1n) is 5.11. The lowest BCUT2D eigenvalue weighted by Crippen LogP contribution is -2.10. The molecule has 80 valence electrons. The second-order valence-electron chi connectivity index (χ2n) is 3.59. The van der Waals surface area contributed by atoms with E-state index in [1.54, 1.807) is 11.3 Å². The molecule has 0 unspecified atom stereocenters. The molecule has 1 aliphatic rings. The Kier molecular flexibility index (Phi) is 2.82. The highest BCUT2D eigenvalue weighted by atomic mass is 32.1. The lowest BCUT2D eigenvalue weighted by Gasteiger charge is -2.16. The monoisotopic (exact) mass is 221 g/mol. The van der Waals surface area contributed by atoms with Crippen LogP contribution in [0.4, 0.5) is 0 Å². The van der Waals surface area contributed by atoms with Gasteiger partial charge in [-0.3, -0.25) is 0 Å². The van der Waals surface area contributed by atoms with Crippen LogP contribution < -0.4 is 5.73 Å². The number of rotatable bonds is 2. The van der Waals surface area contributed by atoms with Crippen LogP contribution in [0.25, 0.3) is 5.57 Å². The van der Waals surface area contributed by atoms with E-state index in [2.05, 4.69) is 32.1 Å². The Morgan fingerprint density at radius 2 is 2.40 bits per heavy atom. The Morgan fingerprint density at radius 1 is 1.60 bits per heavy atom. The maximum Gasteiger partial charge on any atom is 0.193 e. The lowest BCUT2D eigenvalue weighted by atomic mass is 10.1. The number of allylic oxidation sites excluding steroid dienone is 3. The Labute approximate surface area is 94.1 Å². The second kappa shape index (κ2) is 4.11. The van der Waals surface area contributed by atoms with Crippen LogP contribution in [0.3, 0.4) is 0 Å². The van der Waals surface area contributed by atoms with Gasteiger partial charge in [-0.1, -0.05) is 19.1 Å². The molecule has 0 radical (unpaired) electrons. The highest BCUT2D eigenvalue weighted by Crippen LogP contribution is 2.35. The highest BCUT2D eigenvalue weighted by Gasteiger charge is 2.18. The predicted octanol–water partition coefficient (Wildman–Crippen LogP) is 3.18. The van der Waals surface area contributed by atoms with Crippen LogP contribution in [0.2, 0.25) is 0 Å². The molecule has 0 amide bonds. The maximum absolute atomic E-state index is 5.86. The van der Waals surface area contributed by atoms with Crippen molar-refractivity contribution >= 4 is 16.9 Å². The summed E-state index contributed by atoms with van der Waals surface area (Å²) in [6.07, 6.45) is 5.18. The van der Waals surface area contributed by atoms with Gasteiger partial charge in [0.1, 0.15) is 6.61 Å². The summed E-state index contributed by atoms with van der Waals surface area (Å²) in [5.74, 6) is 0.550. The van der Waals surface area contributed by atoms with E-state index in [1.807, 2.05) is 0 Å². The standard InChI is InChI=1S/C12H15NOS/c1-3-4-5-10-11-9(6-8(2)15-11)7-14-12(10)13/h4-6H,3,7,13H2,1-2H3/b5-4-. The fourth-order valence-electron chi connectivity index (χ4n) is 1.64. The number of nitrogens with two attached hydrogens (primary N) is 1. The molecule has 1 aromatic rings. The zero-order valence-corrected chi connectivity index (χ0v) is 9.86.